The highest BCUT2D eigenvalue weighted by molar-refractivity contribution is 7.12. The molecular formula is C18H29N3O2S. The van der Waals surface area contributed by atoms with Crippen LogP contribution in [-0.2, 0) is 6.54 Å². The van der Waals surface area contributed by atoms with Gasteiger partial charge in [0.05, 0.1) is 4.88 Å². The Labute approximate surface area is 148 Å². The number of hydrogen-bond acceptors (Lipinski definition) is 6. The van der Waals surface area contributed by atoms with Gasteiger partial charge in [0.15, 0.2) is 5.78 Å². The molecule has 2 fully saturated rings. The molecule has 0 radical (unpaired) electrons. The maximum absolute atomic E-state index is 11.4. The summed E-state index contributed by atoms with van der Waals surface area (Å²) in [5.41, 5.74) is 1.22. The van der Waals surface area contributed by atoms with E-state index in [0.29, 0.717) is 11.8 Å². The SMILES string of the molecule is CC(=O)c1cc(CN2C[C@@H](CN3CCN(C)CC3)[C@@H](CO)C2)cs1. The number of thiophene rings is 1. The quantitative estimate of drug-likeness (QED) is 0.782. The predicted molar refractivity (Wildman–Crippen MR) is 97.6 cm³/mol. The molecule has 2 aliphatic rings. The summed E-state index contributed by atoms with van der Waals surface area (Å²) in [5.74, 6) is 1.06. The molecule has 5 nitrogen and oxygen atoms in total. The summed E-state index contributed by atoms with van der Waals surface area (Å²) in [5, 5.41) is 11.9. The van der Waals surface area contributed by atoms with E-state index in [0.717, 1.165) is 57.2 Å². The predicted octanol–water partition coefficient (Wildman–Crippen LogP) is 1.24. The third kappa shape index (κ3) is 4.43. The van der Waals surface area contributed by atoms with Gasteiger partial charge in [-0.1, -0.05) is 0 Å². The molecule has 1 aromatic heterocycles. The number of Topliss-reactive ketones (excluding diaryl/α,β-unsaturated/α-hetero) is 1. The number of likely N-dealkylation sites (N-methyl/N-ethyl adjacent to an activating group) is 1. The van der Waals surface area contributed by atoms with Crippen molar-refractivity contribution in [2.24, 2.45) is 11.8 Å². The van der Waals surface area contributed by atoms with Crippen molar-refractivity contribution < 1.29 is 9.90 Å². The third-order valence-electron chi connectivity index (χ3n) is 5.38. The Kier molecular flexibility index (Phi) is 6.05. The number of rotatable bonds is 6. The van der Waals surface area contributed by atoms with E-state index >= 15 is 0 Å². The van der Waals surface area contributed by atoms with Crippen LogP contribution in [0.15, 0.2) is 11.4 Å². The van der Waals surface area contributed by atoms with Gasteiger partial charge in [-0.05, 0) is 42.8 Å². The zero-order chi connectivity index (χ0) is 17.1. The minimum Gasteiger partial charge on any atom is -0.396 e. The molecule has 0 spiro atoms. The van der Waals surface area contributed by atoms with E-state index in [1.54, 1.807) is 6.92 Å². The monoisotopic (exact) mass is 351 g/mol. The van der Waals surface area contributed by atoms with Crippen molar-refractivity contribution in [3.05, 3.63) is 21.9 Å². The molecule has 24 heavy (non-hydrogen) atoms. The number of carbonyl (C=O) groups excluding carboxylic acids is 1. The van der Waals surface area contributed by atoms with Gasteiger partial charge in [0.2, 0.25) is 0 Å². The van der Waals surface area contributed by atoms with E-state index in [-0.39, 0.29) is 12.4 Å². The summed E-state index contributed by atoms with van der Waals surface area (Å²) in [6, 6.07) is 2.02. The Hall–Kier alpha value is -0.790. The Morgan fingerprint density at radius 1 is 1.21 bits per heavy atom. The largest absolute Gasteiger partial charge is 0.396 e. The first kappa shape index (κ1) is 18.0. The summed E-state index contributed by atoms with van der Waals surface area (Å²) in [4.78, 5) is 19.7. The first-order chi connectivity index (χ1) is 11.5. The number of hydrogen-bond donors (Lipinski definition) is 1. The van der Waals surface area contributed by atoms with Gasteiger partial charge < -0.3 is 14.9 Å². The van der Waals surface area contributed by atoms with Gasteiger partial charge in [0.1, 0.15) is 0 Å². The van der Waals surface area contributed by atoms with Gasteiger partial charge in [-0.2, -0.15) is 0 Å². The van der Waals surface area contributed by atoms with Crippen molar-refractivity contribution in [2.75, 3.05) is 59.5 Å². The third-order valence-corrected chi connectivity index (χ3v) is 6.46. The lowest BCUT2D eigenvalue weighted by atomic mass is 9.96. The van der Waals surface area contributed by atoms with Gasteiger partial charge >= 0.3 is 0 Å². The lowest BCUT2D eigenvalue weighted by molar-refractivity contribution is 0.102. The Morgan fingerprint density at radius 2 is 1.92 bits per heavy atom. The fraction of sp³-hybridized carbons (Fsp3) is 0.722. The van der Waals surface area contributed by atoms with Crippen molar-refractivity contribution in [3.63, 3.8) is 0 Å². The molecule has 3 rings (SSSR count). The Bertz CT molecular complexity index is 554. The standard InChI is InChI=1S/C18H29N3O2S/c1-14(23)18-7-15(13-24-18)8-21-10-16(17(11-21)12-22)9-20-5-3-19(2)4-6-20/h7,13,16-17,22H,3-6,8-12H2,1-2H3/t16-,17-/m1/s1. The number of likely N-dealkylation sites (tertiary alicyclic amines) is 1. The molecule has 0 aromatic carbocycles. The average molecular weight is 352 g/mol. The molecule has 0 saturated carbocycles. The molecule has 2 atom stereocenters. The second kappa shape index (κ2) is 8.06. The van der Waals surface area contributed by atoms with Crippen molar-refractivity contribution in [1.82, 2.24) is 14.7 Å². The fourth-order valence-corrected chi connectivity index (χ4v) is 4.65. The molecule has 2 saturated heterocycles. The van der Waals surface area contributed by atoms with E-state index in [4.69, 9.17) is 0 Å². The van der Waals surface area contributed by atoms with E-state index in [1.165, 1.54) is 16.9 Å². The average Bonchev–Trinajstić information content (AvgIpc) is 3.17. The summed E-state index contributed by atoms with van der Waals surface area (Å²) >= 11 is 1.54. The highest BCUT2D eigenvalue weighted by atomic mass is 32.1. The maximum Gasteiger partial charge on any atom is 0.169 e. The highest BCUT2D eigenvalue weighted by Gasteiger charge is 2.33. The maximum atomic E-state index is 11.4. The van der Waals surface area contributed by atoms with E-state index < -0.39 is 0 Å². The van der Waals surface area contributed by atoms with Gasteiger partial charge in [0, 0.05) is 59.0 Å². The zero-order valence-corrected chi connectivity index (χ0v) is 15.6. The fourth-order valence-electron chi connectivity index (χ4n) is 3.84. The molecule has 0 unspecified atom stereocenters. The van der Waals surface area contributed by atoms with E-state index in [2.05, 4.69) is 27.1 Å². The molecule has 0 bridgehead atoms. The van der Waals surface area contributed by atoms with E-state index in [1.807, 2.05) is 6.07 Å². The van der Waals surface area contributed by atoms with Crippen LogP contribution < -0.4 is 0 Å². The molecule has 134 valence electrons. The second-order valence-electron chi connectivity index (χ2n) is 7.38. The lowest BCUT2D eigenvalue weighted by Gasteiger charge is -2.34. The van der Waals surface area contributed by atoms with Crippen molar-refractivity contribution in [1.29, 1.82) is 0 Å². The van der Waals surface area contributed by atoms with Crippen LogP contribution in [-0.4, -0.2) is 85.1 Å². The first-order valence-electron chi connectivity index (χ1n) is 8.87. The lowest BCUT2D eigenvalue weighted by Crippen LogP contribution is -2.47. The smallest absolute Gasteiger partial charge is 0.169 e. The number of nitrogens with zero attached hydrogens (tertiary/aromatic N) is 3. The van der Waals surface area contributed by atoms with Gasteiger partial charge in [-0.15, -0.1) is 11.3 Å². The van der Waals surface area contributed by atoms with Crippen LogP contribution >= 0.6 is 11.3 Å². The van der Waals surface area contributed by atoms with Crippen molar-refractivity contribution >= 4 is 17.1 Å². The molecule has 2 aliphatic heterocycles. The molecule has 0 aliphatic carbocycles. The van der Waals surface area contributed by atoms with Crippen molar-refractivity contribution in [2.45, 2.75) is 13.5 Å². The van der Waals surface area contributed by atoms with Gasteiger partial charge in [0.25, 0.3) is 0 Å². The highest BCUT2D eigenvalue weighted by Crippen LogP contribution is 2.27. The zero-order valence-electron chi connectivity index (χ0n) is 14.8. The molecular weight excluding hydrogens is 322 g/mol. The van der Waals surface area contributed by atoms with E-state index in [9.17, 15) is 9.90 Å². The van der Waals surface area contributed by atoms with Crippen LogP contribution in [0.3, 0.4) is 0 Å². The molecule has 1 aromatic rings. The number of piperazine rings is 1. The van der Waals surface area contributed by atoms with Crippen LogP contribution in [0.1, 0.15) is 22.2 Å². The summed E-state index contributed by atoms with van der Waals surface area (Å²) < 4.78 is 0. The summed E-state index contributed by atoms with van der Waals surface area (Å²) in [6.45, 7) is 10.4. The minimum absolute atomic E-state index is 0.147. The van der Waals surface area contributed by atoms with Crippen LogP contribution in [0.5, 0.6) is 0 Å². The van der Waals surface area contributed by atoms with Gasteiger partial charge in [-0.25, -0.2) is 0 Å². The summed E-state index contributed by atoms with van der Waals surface area (Å²) in [7, 11) is 2.18. The number of ketones is 1. The number of aliphatic hydroxyl groups excluding tert-OH is 1. The molecule has 1 N–H and O–H groups in total. The van der Waals surface area contributed by atoms with Crippen molar-refractivity contribution in [3.8, 4) is 0 Å². The molecule has 3 heterocycles. The molecule has 0 amide bonds. The second-order valence-corrected chi connectivity index (χ2v) is 8.29. The van der Waals surface area contributed by atoms with Crippen LogP contribution in [0, 0.1) is 11.8 Å². The summed E-state index contributed by atoms with van der Waals surface area (Å²) in [6.07, 6.45) is 0. The Balaban J connectivity index is 1.54. The topological polar surface area (TPSA) is 47.0 Å². The minimum atomic E-state index is 0.147. The first-order valence-corrected chi connectivity index (χ1v) is 9.75. The normalized spacial score (nSPS) is 27.0. The van der Waals surface area contributed by atoms with Gasteiger partial charge in [-0.3, -0.25) is 9.69 Å². The number of carbonyl (C=O) groups is 1. The van der Waals surface area contributed by atoms with Crippen LogP contribution in [0.25, 0.3) is 0 Å². The number of aliphatic hydroxyl groups is 1. The van der Waals surface area contributed by atoms with Crippen LogP contribution in [0.2, 0.25) is 0 Å². The molecule has 6 heteroatoms. The van der Waals surface area contributed by atoms with Crippen LogP contribution in [0.4, 0.5) is 0 Å². The Morgan fingerprint density at radius 3 is 2.54 bits per heavy atom.